The highest BCUT2D eigenvalue weighted by Crippen LogP contribution is 2.51. The van der Waals surface area contributed by atoms with E-state index in [0.717, 1.165) is 18.7 Å². The molecule has 1 saturated heterocycles. The van der Waals surface area contributed by atoms with Gasteiger partial charge in [-0.3, -0.25) is 4.90 Å². The molecule has 1 fully saturated rings. The summed E-state index contributed by atoms with van der Waals surface area (Å²) in [5.41, 5.74) is 3.32. The molecular formula is C31H53NO. The Hall–Kier alpha value is -1.12. The summed E-state index contributed by atoms with van der Waals surface area (Å²) in [4.78, 5) is 2.66. The summed E-state index contributed by atoms with van der Waals surface area (Å²) in [6.07, 6.45) is 0. The molecule has 0 aliphatic carbocycles. The Kier molecular flexibility index (Phi) is 7.26. The number of nitrogens with zero attached hydrogens (tertiary/aromatic N) is 1. The highest BCUT2D eigenvalue weighted by molar-refractivity contribution is 5.61. The van der Waals surface area contributed by atoms with E-state index in [0.29, 0.717) is 5.92 Å². The molecular weight excluding hydrogens is 402 g/mol. The van der Waals surface area contributed by atoms with E-state index in [-0.39, 0.29) is 33.0 Å². The number of ether oxygens (including phenoxy) is 1. The number of likely N-dealkylation sites (tertiary alicyclic amines) is 1. The van der Waals surface area contributed by atoms with E-state index in [1.165, 1.54) is 11.1 Å². The lowest BCUT2D eigenvalue weighted by molar-refractivity contribution is -0.227. The maximum atomic E-state index is 7.10. The molecule has 1 aliphatic heterocycles. The minimum absolute atomic E-state index is 0.0502. The van der Waals surface area contributed by atoms with Crippen molar-refractivity contribution in [2.75, 3.05) is 13.1 Å². The molecule has 0 radical (unpaired) electrons. The topological polar surface area (TPSA) is 12.5 Å². The fourth-order valence-electron chi connectivity index (χ4n) is 4.77. The molecule has 2 rings (SSSR count). The van der Waals surface area contributed by atoms with Crippen LogP contribution in [-0.4, -0.2) is 34.7 Å². The molecule has 0 bridgehead atoms. The summed E-state index contributed by atoms with van der Waals surface area (Å²) >= 11 is 0. The summed E-state index contributed by atoms with van der Waals surface area (Å²) in [5.74, 6) is 0.614. The van der Waals surface area contributed by atoms with Crippen molar-refractivity contribution in [1.82, 2.24) is 4.90 Å². The largest absolute Gasteiger partial charge is 0.368 e. The predicted octanol–water partition coefficient (Wildman–Crippen LogP) is 8.35. The Morgan fingerprint density at radius 2 is 1.24 bits per heavy atom. The standard InChI is InChI=1S/C31H53NO/c1-22(2)23-16-18-24(19-17-23)27(6,7)30(12,13)33-31(14,15)28(8,9)25-20-32(21-25)29(10,11)26(3,4)5/h16-19,25H,1,20-21H2,2-15H3. The average molecular weight is 456 g/mol. The fourth-order valence-corrected chi connectivity index (χ4v) is 4.77. The summed E-state index contributed by atoms with van der Waals surface area (Å²) in [5, 5.41) is 0. The zero-order valence-electron chi connectivity index (χ0n) is 24.4. The molecule has 1 aliphatic rings. The van der Waals surface area contributed by atoms with Gasteiger partial charge < -0.3 is 4.74 Å². The smallest absolute Gasteiger partial charge is 0.0724 e. The SMILES string of the molecule is C=C(C)c1ccc(C(C)(C)C(C)(C)OC(C)(C)C(C)(C)C2CN(C(C)(C)C(C)(C)C)C2)cc1. The first-order valence-electron chi connectivity index (χ1n) is 12.8. The summed E-state index contributed by atoms with van der Waals surface area (Å²) in [6.45, 7) is 38.8. The second kappa shape index (κ2) is 8.52. The van der Waals surface area contributed by atoms with Crippen molar-refractivity contribution < 1.29 is 4.74 Å². The van der Waals surface area contributed by atoms with Crippen LogP contribution in [0.1, 0.15) is 108 Å². The minimum atomic E-state index is -0.341. The van der Waals surface area contributed by atoms with E-state index in [2.05, 4.69) is 133 Å². The van der Waals surface area contributed by atoms with E-state index < -0.39 is 0 Å². The van der Waals surface area contributed by atoms with Crippen LogP contribution in [0.25, 0.3) is 5.57 Å². The van der Waals surface area contributed by atoms with Gasteiger partial charge in [0.25, 0.3) is 0 Å². The Balaban J connectivity index is 2.21. The third kappa shape index (κ3) is 4.98. The maximum absolute atomic E-state index is 7.10. The molecule has 1 heterocycles. The van der Waals surface area contributed by atoms with E-state index in [9.17, 15) is 0 Å². The molecule has 2 heteroatoms. The molecule has 0 saturated carbocycles. The van der Waals surface area contributed by atoms with Gasteiger partial charge in [0, 0.05) is 24.0 Å². The van der Waals surface area contributed by atoms with Crippen molar-refractivity contribution in [3.63, 3.8) is 0 Å². The second-order valence-corrected chi connectivity index (χ2v) is 14.2. The molecule has 0 atom stereocenters. The minimum Gasteiger partial charge on any atom is -0.368 e. The maximum Gasteiger partial charge on any atom is 0.0724 e. The quantitative estimate of drug-likeness (QED) is 0.390. The van der Waals surface area contributed by atoms with Crippen molar-refractivity contribution >= 4 is 5.57 Å². The van der Waals surface area contributed by atoms with Gasteiger partial charge in [-0.25, -0.2) is 0 Å². The highest BCUT2D eigenvalue weighted by atomic mass is 16.5. The highest BCUT2D eigenvalue weighted by Gasteiger charge is 2.55. The first-order chi connectivity index (χ1) is 14.6. The molecule has 188 valence electrons. The number of benzene rings is 1. The van der Waals surface area contributed by atoms with Crippen LogP contribution in [0, 0.1) is 16.7 Å². The third-order valence-electron chi connectivity index (χ3n) is 10.2. The molecule has 0 unspecified atom stereocenters. The van der Waals surface area contributed by atoms with E-state index >= 15 is 0 Å². The molecule has 1 aromatic rings. The molecule has 0 spiro atoms. The van der Waals surface area contributed by atoms with Gasteiger partial charge in [-0.15, -0.1) is 0 Å². The fraction of sp³-hybridized carbons (Fsp3) is 0.742. The third-order valence-corrected chi connectivity index (χ3v) is 10.2. The van der Waals surface area contributed by atoms with Crippen LogP contribution in [0.2, 0.25) is 0 Å². The first kappa shape index (κ1) is 28.1. The van der Waals surface area contributed by atoms with Crippen molar-refractivity contribution in [3.05, 3.63) is 42.0 Å². The Morgan fingerprint density at radius 1 is 0.788 bits per heavy atom. The van der Waals surface area contributed by atoms with Crippen LogP contribution < -0.4 is 0 Å². The van der Waals surface area contributed by atoms with E-state index in [1.54, 1.807) is 0 Å². The van der Waals surface area contributed by atoms with Crippen LogP contribution >= 0.6 is 0 Å². The summed E-state index contributed by atoms with van der Waals surface area (Å²) < 4.78 is 7.10. The number of allylic oxidation sites excluding steroid dienone is 1. The van der Waals surface area contributed by atoms with Crippen LogP contribution in [0.15, 0.2) is 30.8 Å². The average Bonchev–Trinajstić information content (AvgIpc) is 2.57. The van der Waals surface area contributed by atoms with Crippen LogP contribution in [-0.2, 0) is 10.2 Å². The summed E-state index contributed by atoms with van der Waals surface area (Å²) in [6, 6.07) is 8.85. The number of rotatable bonds is 8. The Bertz CT molecular complexity index is 840. The first-order valence-corrected chi connectivity index (χ1v) is 12.8. The Labute approximate surface area is 206 Å². The number of hydrogen-bond acceptors (Lipinski definition) is 2. The molecule has 0 aromatic heterocycles. The van der Waals surface area contributed by atoms with Gasteiger partial charge in [0.2, 0.25) is 0 Å². The van der Waals surface area contributed by atoms with Gasteiger partial charge in [-0.2, -0.15) is 0 Å². The monoisotopic (exact) mass is 455 g/mol. The van der Waals surface area contributed by atoms with Gasteiger partial charge in [-0.1, -0.05) is 84.9 Å². The molecule has 2 nitrogen and oxygen atoms in total. The van der Waals surface area contributed by atoms with Gasteiger partial charge in [0.1, 0.15) is 0 Å². The lowest BCUT2D eigenvalue weighted by atomic mass is 9.62. The molecule has 1 aromatic carbocycles. The van der Waals surface area contributed by atoms with E-state index in [4.69, 9.17) is 4.74 Å². The normalized spacial score (nSPS) is 17.8. The van der Waals surface area contributed by atoms with Crippen LogP contribution in [0.3, 0.4) is 0 Å². The second-order valence-electron chi connectivity index (χ2n) is 14.2. The van der Waals surface area contributed by atoms with Gasteiger partial charge in [0.15, 0.2) is 0 Å². The lowest BCUT2D eigenvalue weighted by Crippen LogP contribution is -2.68. The van der Waals surface area contributed by atoms with Crippen LogP contribution in [0.4, 0.5) is 0 Å². The zero-order chi connectivity index (χ0) is 25.8. The lowest BCUT2D eigenvalue weighted by Gasteiger charge is -2.62. The molecule has 33 heavy (non-hydrogen) atoms. The van der Waals surface area contributed by atoms with Gasteiger partial charge >= 0.3 is 0 Å². The number of hydrogen-bond donors (Lipinski definition) is 0. The molecule has 0 amide bonds. The molecule has 0 N–H and O–H groups in total. The van der Waals surface area contributed by atoms with Crippen molar-refractivity contribution in [1.29, 1.82) is 0 Å². The van der Waals surface area contributed by atoms with Crippen molar-refractivity contribution in [3.8, 4) is 0 Å². The predicted molar refractivity (Wildman–Crippen MR) is 146 cm³/mol. The Morgan fingerprint density at radius 3 is 1.64 bits per heavy atom. The van der Waals surface area contributed by atoms with E-state index in [1.807, 2.05) is 0 Å². The summed E-state index contributed by atoms with van der Waals surface area (Å²) in [7, 11) is 0. The van der Waals surface area contributed by atoms with Crippen LogP contribution in [0.5, 0.6) is 0 Å². The van der Waals surface area contributed by atoms with Gasteiger partial charge in [-0.05, 0) is 76.3 Å². The zero-order valence-corrected chi connectivity index (χ0v) is 24.4. The van der Waals surface area contributed by atoms with Crippen molar-refractivity contribution in [2.45, 2.75) is 119 Å². The van der Waals surface area contributed by atoms with Crippen molar-refractivity contribution in [2.24, 2.45) is 16.7 Å². The van der Waals surface area contributed by atoms with Gasteiger partial charge in [0.05, 0.1) is 11.2 Å².